The zero-order valence-corrected chi connectivity index (χ0v) is 13.6. The number of nitrogens with zero attached hydrogens (tertiary/aromatic N) is 1. The number of thioether (sulfide) groups is 2. The van der Waals surface area contributed by atoms with Crippen molar-refractivity contribution in [2.24, 2.45) is 5.73 Å². The van der Waals surface area contributed by atoms with Crippen molar-refractivity contribution in [2.75, 3.05) is 12.4 Å². The monoisotopic (exact) mass is 366 g/mol. The molecule has 2 aliphatic rings. The van der Waals surface area contributed by atoms with Crippen LogP contribution in [0.4, 0.5) is 4.79 Å². The number of halogens is 1. The highest BCUT2D eigenvalue weighted by Crippen LogP contribution is 2.54. The van der Waals surface area contributed by atoms with Gasteiger partial charge in [0.25, 0.3) is 11.1 Å². The van der Waals surface area contributed by atoms with Crippen LogP contribution in [0, 0.1) is 0 Å². The third-order valence-electron chi connectivity index (χ3n) is 2.96. The minimum atomic E-state index is -1.61. The van der Waals surface area contributed by atoms with Crippen LogP contribution in [0.15, 0.2) is 11.3 Å². The largest absolute Gasteiger partial charge is 0.477 e. The topological polar surface area (TPSA) is 127 Å². The van der Waals surface area contributed by atoms with Crippen molar-refractivity contribution in [3.63, 3.8) is 0 Å². The quantitative estimate of drug-likeness (QED) is 0.419. The van der Waals surface area contributed by atoms with Crippen LogP contribution in [0.25, 0.3) is 0 Å². The van der Waals surface area contributed by atoms with E-state index >= 15 is 0 Å². The van der Waals surface area contributed by atoms with Crippen LogP contribution in [0.1, 0.15) is 6.92 Å². The first-order valence-electron chi connectivity index (χ1n) is 5.89. The number of ether oxygens (including phenoxy) is 1. The van der Waals surface area contributed by atoms with Gasteiger partial charge in [0.15, 0.2) is 0 Å². The Morgan fingerprint density at radius 3 is 2.73 bits per heavy atom. The predicted octanol–water partition coefficient (Wildman–Crippen LogP) is 0.550. The molecule has 2 heterocycles. The van der Waals surface area contributed by atoms with Crippen LogP contribution in [-0.2, 0) is 19.1 Å². The molecule has 0 aromatic carbocycles. The number of nitrogens with two attached hydrogens (primary N) is 1. The van der Waals surface area contributed by atoms with Crippen molar-refractivity contribution in [1.82, 2.24) is 4.90 Å². The molecule has 2 atom stereocenters. The zero-order chi connectivity index (χ0) is 16.7. The van der Waals surface area contributed by atoms with Crippen LogP contribution in [0.5, 0.6) is 0 Å². The number of rotatable bonds is 4. The average Bonchev–Trinajstić information content (AvgIpc) is 2.42. The lowest BCUT2D eigenvalue weighted by molar-refractivity contribution is -0.147. The number of carbonyl (C=O) groups is 4. The molecular weight excluding hydrogens is 356 g/mol. The number of alkyl halides is 1. The van der Waals surface area contributed by atoms with Gasteiger partial charge >= 0.3 is 11.9 Å². The highest BCUT2D eigenvalue weighted by Gasteiger charge is 2.65. The summed E-state index contributed by atoms with van der Waals surface area (Å²) in [6.45, 7) is 0.973. The van der Waals surface area contributed by atoms with Crippen molar-refractivity contribution in [1.29, 1.82) is 0 Å². The molecule has 3 N–H and O–H groups in total. The fraction of sp³-hybridized carbons (Fsp3) is 0.455. The Kier molecular flexibility index (Phi) is 4.64. The smallest absolute Gasteiger partial charge is 0.352 e. The van der Waals surface area contributed by atoms with E-state index in [-0.39, 0.29) is 18.1 Å². The van der Waals surface area contributed by atoms with E-state index in [9.17, 15) is 24.3 Å². The molecule has 0 spiro atoms. The van der Waals surface area contributed by atoms with Gasteiger partial charge in [-0.05, 0) is 11.8 Å². The van der Waals surface area contributed by atoms with Gasteiger partial charge < -0.3 is 15.6 Å². The molecule has 2 aliphatic heterocycles. The van der Waals surface area contributed by atoms with Crippen LogP contribution in [0.2, 0.25) is 0 Å². The highest BCUT2D eigenvalue weighted by molar-refractivity contribution is 8.17. The van der Waals surface area contributed by atoms with Gasteiger partial charge in [0.05, 0.1) is 0 Å². The number of carbonyl (C=O) groups excluding carboxylic acids is 3. The molecule has 1 fully saturated rings. The minimum Gasteiger partial charge on any atom is -0.477 e. The molecule has 11 heteroatoms. The summed E-state index contributed by atoms with van der Waals surface area (Å²) < 4.78 is 3.19. The summed E-state index contributed by atoms with van der Waals surface area (Å²) in [5.41, 5.74) is 5.07. The van der Waals surface area contributed by atoms with Crippen molar-refractivity contribution in [2.45, 2.75) is 16.5 Å². The lowest BCUT2D eigenvalue weighted by Crippen LogP contribution is -2.69. The highest BCUT2D eigenvalue weighted by atomic mass is 35.5. The minimum absolute atomic E-state index is 0.206. The molecule has 1 saturated heterocycles. The number of esters is 1. The standard InChI is InChI=1S/C11H11ClN2O6S2/c1-4(15)20-2-5-3-21-9-11(12,22-10(13)19)8(18)14(9)6(5)7(16)17/h9H,2-3H2,1H3,(H2,13,19)(H,16,17)/t9-,11-/m1/s1. The summed E-state index contributed by atoms with van der Waals surface area (Å²) >= 11 is 7.76. The molecule has 0 aromatic rings. The maximum absolute atomic E-state index is 12.2. The lowest BCUT2D eigenvalue weighted by atomic mass is 10.1. The molecule has 120 valence electrons. The molecular formula is C11H11ClN2O6S2. The van der Waals surface area contributed by atoms with Gasteiger partial charge in [0, 0.05) is 18.2 Å². The Morgan fingerprint density at radius 2 is 2.23 bits per heavy atom. The fourth-order valence-corrected chi connectivity index (χ4v) is 4.97. The van der Waals surface area contributed by atoms with Crippen molar-refractivity contribution >= 4 is 58.2 Å². The second kappa shape index (κ2) is 6.01. The summed E-state index contributed by atoms with van der Waals surface area (Å²) in [5, 5.41) is 7.77. The average molecular weight is 367 g/mol. The van der Waals surface area contributed by atoms with Gasteiger partial charge in [-0.25, -0.2) is 4.79 Å². The normalized spacial score (nSPS) is 27.1. The Hall–Kier alpha value is -1.39. The molecule has 2 amide bonds. The van der Waals surface area contributed by atoms with Gasteiger partial charge in [-0.1, -0.05) is 11.6 Å². The molecule has 0 bridgehead atoms. The number of primary amides is 1. The molecule has 2 rings (SSSR count). The van der Waals surface area contributed by atoms with E-state index in [4.69, 9.17) is 22.1 Å². The summed E-state index contributed by atoms with van der Waals surface area (Å²) in [5.74, 6) is -2.41. The Morgan fingerprint density at radius 1 is 1.59 bits per heavy atom. The maximum Gasteiger partial charge on any atom is 0.352 e. The first-order chi connectivity index (χ1) is 10.2. The van der Waals surface area contributed by atoms with E-state index in [2.05, 4.69) is 0 Å². The number of fused-ring (bicyclic) bond motifs is 1. The van der Waals surface area contributed by atoms with E-state index in [1.165, 1.54) is 18.7 Å². The summed E-state index contributed by atoms with van der Waals surface area (Å²) in [6.07, 6.45) is 0. The molecule has 8 nitrogen and oxygen atoms in total. The zero-order valence-electron chi connectivity index (χ0n) is 11.2. The Bertz CT molecular complexity index is 609. The molecule has 22 heavy (non-hydrogen) atoms. The third kappa shape index (κ3) is 2.77. The molecule has 0 saturated carbocycles. The number of hydrogen-bond donors (Lipinski definition) is 2. The van der Waals surface area contributed by atoms with Crippen molar-refractivity contribution < 1.29 is 29.0 Å². The Balaban J connectivity index is 2.30. The van der Waals surface area contributed by atoms with Crippen LogP contribution in [0.3, 0.4) is 0 Å². The van der Waals surface area contributed by atoms with Crippen LogP contribution < -0.4 is 5.73 Å². The van der Waals surface area contributed by atoms with E-state index in [1.807, 2.05) is 0 Å². The van der Waals surface area contributed by atoms with Crippen LogP contribution in [-0.4, -0.2) is 55.0 Å². The summed E-state index contributed by atoms with van der Waals surface area (Å²) in [7, 11) is 0. The molecule has 0 aromatic heterocycles. The second-order valence-corrected chi connectivity index (χ2v) is 7.58. The maximum atomic E-state index is 12.2. The van der Waals surface area contributed by atoms with Gasteiger partial charge in [0.2, 0.25) is 4.21 Å². The molecule has 0 unspecified atom stereocenters. The number of hydrogen-bond acceptors (Lipinski definition) is 7. The Labute approximate surface area is 138 Å². The number of carboxylic acids is 1. The van der Waals surface area contributed by atoms with E-state index in [0.29, 0.717) is 17.3 Å². The molecule has 0 aliphatic carbocycles. The lowest BCUT2D eigenvalue weighted by Gasteiger charge is -2.53. The van der Waals surface area contributed by atoms with Crippen molar-refractivity contribution in [3.8, 4) is 0 Å². The SMILES string of the molecule is CC(=O)OCC1=C(C(=O)O)N2C(=O)[C@@](Cl)(SC(N)=O)[C@H]2SC1. The summed E-state index contributed by atoms with van der Waals surface area (Å²) in [4.78, 5) is 46.5. The second-order valence-electron chi connectivity index (χ2n) is 4.44. The first kappa shape index (κ1) is 17.0. The number of β-lactam (4-membered cyclic amide) rings is 1. The van der Waals surface area contributed by atoms with E-state index in [1.54, 1.807) is 0 Å². The van der Waals surface area contributed by atoms with Gasteiger partial charge in [-0.3, -0.25) is 19.3 Å². The first-order valence-corrected chi connectivity index (χ1v) is 8.14. The van der Waals surface area contributed by atoms with Gasteiger partial charge in [-0.15, -0.1) is 11.8 Å². The third-order valence-corrected chi connectivity index (χ3v) is 6.12. The van der Waals surface area contributed by atoms with Crippen molar-refractivity contribution in [3.05, 3.63) is 11.3 Å². The summed E-state index contributed by atoms with van der Waals surface area (Å²) in [6, 6.07) is 0. The van der Waals surface area contributed by atoms with E-state index < -0.39 is 32.7 Å². The van der Waals surface area contributed by atoms with Gasteiger partial charge in [0.1, 0.15) is 17.7 Å². The van der Waals surface area contributed by atoms with Gasteiger partial charge in [-0.2, -0.15) is 0 Å². The predicted molar refractivity (Wildman–Crippen MR) is 80.1 cm³/mol. The fourth-order valence-electron chi connectivity index (χ4n) is 2.09. The van der Waals surface area contributed by atoms with E-state index in [0.717, 1.165) is 4.90 Å². The van der Waals surface area contributed by atoms with Crippen LogP contribution >= 0.6 is 35.1 Å². The molecule has 0 radical (unpaired) electrons. The number of amides is 2. The number of aliphatic carboxylic acids is 1. The number of carboxylic acid groups (broad SMARTS) is 1.